The van der Waals surface area contributed by atoms with Gasteiger partial charge >= 0.3 is 0 Å². The Morgan fingerprint density at radius 1 is 0.360 bits per heavy atom. The Balaban J connectivity index is 1.10. The molecule has 3 aromatic heterocycles. The molecule has 10 rings (SSSR count). The molecule has 4 nitrogen and oxygen atoms in total. The van der Waals surface area contributed by atoms with E-state index in [-0.39, 0.29) is 0 Å². The largest absolute Gasteiger partial charge is 0.299 e. The molecule has 10 aromatic rings. The van der Waals surface area contributed by atoms with E-state index in [4.69, 9.17) is 15.0 Å². The fourth-order valence-electron chi connectivity index (χ4n) is 7.15. The first-order chi connectivity index (χ1) is 24.8. The molecule has 0 unspecified atom stereocenters. The van der Waals surface area contributed by atoms with Crippen LogP contribution >= 0.6 is 11.3 Å². The molecule has 50 heavy (non-hydrogen) atoms. The third kappa shape index (κ3) is 4.63. The monoisotopic (exact) mass is 656 g/mol. The second-order valence-corrected chi connectivity index (χ2v) is 13.5. The van der Waals surface area contributed by atoms with Crippen molar-refractivity contribution < 1.29 is 0 Å². The standard InChI is InChI=1S/C45H28N4S/c1-3-13-31(14-4-1)42-46-43(32-15-5-2-6-16-32)48-44(47-42)36-28-27-33(34-17-7-8-18-35(34)36)29-23-25-30(26-24-29)41-37-19-9-10-20-38(37)49-39-21-11-12-22-40(39)50-45(41)49/h1-28H. The summed E-state index contributed by atoms with van der Waals surface area (Å²) in [6.45, 7) is 0. The van der Waals surface area contributed by atoms with Crippen molar-refractivity contribution in [3.63, 3.8) is 0 Å². The lowest BCUT2D eigenvalue weighted by Gasteiger charge is -2.13. The predicted molar refractivity (Wildman–Crippen MR) is 208 cm³/mol. The maximum Gasteiger partial charge on any atom is 0.164 e. The van der Waals surface area contributed by atoms with Crippen LogP contribution in [-0.4, -0.2) is 19.4 Å². The summed E-state index contributed by atoms with van der Waals surface area (Å²) in [6.07, 6.45) is 0. The zero-order chi connectivity index (χ0) is 33.0. The van der Waals surface area contributed by atoms with Crippen LogP contribution in [-0.2, 0) is 0 Å². The van der Waals surface area contributed by atoms with Crippen molar-refractivity contribution in [1.82, 2.24) is 19.4 Å². The van der Waals surface area contributed by atoms with E-state index in [0.29, 0.717) is 17.5 Å². The van der Waals surface area contributed by atoms with Gasteiger partial charge in [0.2, 0.25) is 0 Å². The fraction of sp³-hybridized carbons (Fsp3) is 0. The topological polar surface area (TPSA) is 43.1 Å². The molecule has 0 atom stereocenters. The minimum absolute atomic E-state index is 0.656. The molecule has 3 heterocycles. The molecule has 0 aliphatic carbocycles. The summed E-state index contributed by atoms with van der Waals surface area (Å²) in [7, 11) is 0. The highest BCUT2D eigenvalue weighted by atomic mass is 32.1. The van der Waals surface area contributed by atoms with Crippen molar-refractivity contribution in [3.8, 4) is 56.4 Å². The van der Waals surface area contributed by atoms with Crippen LogP contribution in [0.5, 0.6) is 0 Å². The number of benzene rings is 7. The van der Waals surface area contributed by atoms with E-state index in [1.165, 1.54) is 42.6 Å². The molecular formula is C45H28N4S. The number of aromatic nitrogens is 4. The number of hydrogen-bond acceptors (Lipinski definition) is 4. The van der Waals surface area contributed by atoms with Gasteiger partial charge in [-0.1, -0.05) is 146 Å². The SMILES string of the molecule is c1ccc(-c2nc(-c3ccccc3)nc(-c3ccc(-c4ccc(-c5c6ccccc6n6c5sc5ccccc56)cc4)c4ccccc34)n2)cc1. The normalized spacial score (nSPS) is 11.6. The molecule has 0 spiro atoms. The average molecular weight is 657 g/mol. The van der Waals surface area contributed by atoms with Crippen molar-refractivity contribution in [2.75, 3.05) is 0 Å². The lowest BCUT2D eigenvalue weighted by atomic mass is 9.93. The lowest BCUT2D eigenvalue weighted by Crippen LogP contribution is -2.00. The second kappa shape index (κ2) is 11.6. The van der Waals surface area contributed by atoms with E-state index < -0.39 is 0 Å². The zero-order valence-electron chi connectivity index (χ0n) is 26.9. The van der Waals surface area contributed by atoms with Crippen LogP contribution in [0.25, 0.3) is 93.1 Å². The maximum absolute atomic E-state index is 5.03. The molecule has 0 N–H and O–H groups in total. The highest BCUT2D eigenvalue weighted by Crippen LogP contribution is 2.43. The molecule has 0 fully saturated rings. The van der Waals surface area contributed by atoms with Crippen LogP contribution in [0, 0.1) is 0 Å². The van der Waals surface area contributed by atoms with Gasteiger partial charge in [-0.3, -0.25) is 4.40 Å². The number of para-hydroxylation sites is 2. The van der Waals surface area contributed by atoms with E-state index in [1.54, 1.807) is 0 Å². The van der Waals surface area contributed by atoms with Gasteiger partial charge in [-0.15, -0.1) is 11.3 Å². The number of hydrogen-bond donors (Lipinski definition) is 0. The number of thiazole rings is 1. The van der Waals surface area contributed by atoms with Crippen molar-refractivity contribution >= 4 is 48.1 Å². The quantitative estimate of drug-likeness (QED) is 0.185. The van der Waals surface area contributed by atoms with E-state index in [2.05, 4.69) is 114 Å². The van der Waals surface area contributed by atoms with Gasteiger partial charge in [-0.25, -0.2) is 15.0 Å². The van der Waals surface area contributed by atoms with Crippen LogP contribution in [0.1, 0.15) is 0 Å². The number of rotatable bonds is 5. The highest BCUT2D eigenvalue weighted by molar-refractivity contribution is 7.24. The molecule has 5 heteroatoms. The van der Waals surface area contributed by atoms with E-state index in [0.717, 1.165) is 33.0 Å². The predicted octanol–water partition coefficient (Wildman–Crippen LogP) is 12.0. The van der Waals surface area contributed by atoms with Crippen LogP contribution in [0.15, 0.2) is 170 Å². The molecule has 0 bridgehead atoms. The molecule has 0 saturated heterocycles. The lowest BCUT2D eigenvalue weighted by molar-refractivity contribution is 1.08. The smallest absolute Gasteiger partial charge is 0.164 e. The average Bonchev–Trinajstić information content (AvgIpc) is 3.73. The minimum atomic E-state index is 0.656. The number of fused-ring (bicyclic) bond motifs is 6. The summed E-state index contributed by atoms with van der Waals surface area (Å²) in [5.74, 6) is 1.97. The number of nitrogens with zero attached hydrogens (tertiary/aromatic N) is 4. The van der Waals surface area contributed by atoms with Crippen molar-refractivity contribution in [2.45, 2.75) is 0 Å². The van der Waals surface area contributed by atoms with Gasteiger partial charge in [0.25, 0.3) is 0 Å². The van der Waals surface area contributed by atoms with Crippen molar-refractivity contribution in [2.24, 2.45) is 0 Å². The molecule has 0 saturated carbocycles. The van der Waals surface area contributed by atoms with Crippen LogP contribution in [0.3, 0.4) is 0 Å². The first-order valence-corrected chi connectivity index (χ1v) is 17.5. The Labute approximate surface area is 292 Å². The molecule has 234 valence electrons. The van der Waals surface area contributed by atoms with E-state index in [1.807, 2.05) is 72.0 Å². The first kappa shape index (κ1) is 28.6. The van der Waals surface area contributed by atoms with Gasteiger partial charge in [0.05, 0.1) is 15.7 Å². The van der Waals surface area contributed by atoms with E-state index in [9.17, 15) is 0 Å². The molecule has 0 radical (unpaired) electrons. The highest BCUT2D eigenvalue weighted by Gasteiger charge is 2.19. The minimum Gasteiger partial charge on any atom is -0.299 e. The Morgan fingerprint density at radius 3 is 1.54 bits per heavy atom. The Bertz CT molecular complexity index is 2800. The maximum atomic E-state index is 5.03. The third-order valence-corrected chi connectivity index (χ3v) is 10.6. The Morgan fingerprint density at radius 2 is 0.860 bits per heavy atom. The summed E-state index contributed by atoms with van der Waals surface area (Å²) in [5.41, 5.74) is 10.2. The Hall–Kier alpha value is -6.43. The van der Waals surface area contributed by atoms with Gasteiger partial charge in [0.1, 0.15) is 4.83 Å². The van der Waals surface area contributed by atoms with Crippen molar-refractivity contribution in [3.05, 3.63) is 170 Å². The van der Waals surface area contributed by atoms with Gasteiger partial charge < -0.3 is 0 Å². The summed E-state index contributed by atoms with van der Waals surface area (Å²) in [6, 6.07) is 59.6. The first-order valence-electron chi connectivity index (χ1n) is 16.7. The molecule has 7 aromatic carbocycles. The Kier molecular flexibility index (Phi) is 6.64. The van der Waals surface area contributed by atoms with Crippen LogP contribution in [0.4, 0.5) is 0 Å². The zero-order valence-corrected chi connectivity index (χ0v) is 27.7. The molecular weight excluding hydrogens is 629 g/mol. The van der Waals surface area contributed by atoms with E-state index >= 15 is 0 Å². The molecule has 0 amide bonds. The second-order valence-electron chi connectivity index (χ2n) is 12.4. The van der Waals surface area contributed by atoms with Gasteiger partial charge in [-0.05, 0) is 51.7 Å². The van der Waals surface area contributed by atoms with Gasteiger partial charge in [0.15, 0.2) is 17.5 Å². The van der Waals surface area contributed by atoms with Gasteiger partial charge in [0, 0.05) is 27.6 Å². The third-order valence-electron chi connectivity index (χ3n) is 9.49. The summed E-state index contributed by atoms with van der Waals surface area (Å²) in [4.78, 5) is 16.2. The van der Waals surface area contributed by atoms with Gasteiger partial charge in [-0.2, -0.15) is 0 Å². The fourth-order valence-corrected chi connectivity index (χ4v) is 8.39. The van der Waals surface area contributed by atoms with Crippen LogP contribution in [0.2, 0.25) is 0 Å². The van der Waals surface area contributed by atoms with Crippen LogP contribution < -0.4 is 0 Å². The van der Waals surface area contributed by atoms with Crippen molar-refractivity contribution in [1.29, 1.82) is 0 Å². The summed E-state index contributed by atoms with van der Waals surface area (Å²) < 4.78 is 3.71. The summed E-state index contributed by atoms with van der Waals surface area (Å²) in [5, 5.41) is 3.53. The molecule has 0 aliphatic rings. The summed E-state index contributed by atoms with van der Waals surface area (Å²) >= 11 is 1.86. The molecule has 0 aliphatic heterocycles.